The number of carboxylic acid groups (broad SMARTS) is 1. The van der Waals surface area contributed by atoms with E-state index in [-0.39, 0.29) is 18.4 Å². The second-order valence-electron chi connectivity index (χ2n) is 5.29. The van der Waals surface area contributed by atoms with Gasteiger partial charge >= 0.3 is 12.0 Å². The van der Waals surface area contributed by atoms with Crippen LogP contribution in [-0.2, 0) is 4.79 Å². The predicted octanol–water partition coefficient (Wildman–Crippen LogP) is 2.92. The molecule has 2 amide bonds. The number of nitrogens with one attached hydrogen (secondary N) is 2. The van der Waals surface area contributed by atoms with Crippen LogP contribution in [0.1, 0.15) is 31.4 Å². The number of aliphatic carboxylic acids is 1. The Balaban J connectivity index is 2.70. The van der Waals surface area contributed by atoms with Gasteiger partial charge in [-0.1, -0.05) is 26.0 Å². The van der Waals surface area contributed by atoms with E-state index in [1.807, 2.05) is 45.9 Å². The number of carbonyl (C=O) groups excluding carboxylic acids is 1. The molecule has 20 heavy (non-hydrogen) atoms. The molecule has 1 rings (SSSR count). The molecule has 1 aromatic carbocycles. The van der Waals surface area contributed by atoms with Crippen LogP contribution in [0, 0.1) is 19.8 Å². The van der Waals surface area contributed by atoms with Crippen LogP contribution in [0.15, 0.2) is 18.2 Å². The lowest BCUT2D eigenvalue weighted by Gasteiger charge is -2.21. The minimum atomic E-state index is -0.921. The van der Waals surface area contributed by atoms with E-state index >= 15 is 0 Å². The summed E-state index contributed by atoms with van der Waals surface area (Å²) in [4.78, 5) is 22.7. The van der Waals surface area contributed by atoms with E-state index in [2.05, 4.69) is 10.6 Å². The van der Waals surface area contributed by atoms with Crippen molar-refractivity contribution in [1.29, 1.82) is 0 Å². The smallest absolute Gasteiger partial charge is 0.319 e. The number of carboxylic acids is 1. The molecule has 1 aromatic rings. The molecule has 5 nitrogen and oxygen atoms in total. The average Bonchev–Trinajstić information content (AvgIpc) is 2.33. The SMILES string of the molecule is Cc1cccc(NC(=O)NC(CC(=O)O)C(C)C)c1C. The zero-order valence-electron chi connectivity index (χ0n) is 12.4. The number of anilines is 1. The summed E-state index contributed by atoms with van der Waals surface area (Å²) in [7, 11) is 0. The summed E-state index contributed by atoms with van der Waals surface area (Å²) in [5.74, 6) is -0.869. The van der Waals surface area contributed by atoms with Crippen LogP contribution in [0.5, 0.6) is 0 Å². The lowest BCUT2D eigenvalue weighted by atomic mass is 10.0. The van der Waals surface area contributed by atoms with Crippen LogP contribution in [0.2, 0.25) is 0 Å². The third-order valence-corrected chi connectivity index (χ3v) is 3.37. The molecule has 0 radical (unpaired) electrons. The van der Waals surface area contributed by atoms with Crippen molar-refractivity contribution in [2.24, 2.45) is 5.92 Å². The molecule has 3 N–H and O–H groups in total. The van der Waals surface area contributed by atoms with Gasteiger partial charge in [-0.2, -0.15) is 0 Å². The van der Waals surface area contributed by atoms with Crippen LogP contribution in [-0.4, -0.2) is 23.1 Å². The van der Waals surface area contributed by atoms with Crippen LogP contribution >= 0.6 is 0 Å². The first-order chi connectivity index (χ1) is 9.31. The van der Waals surface area contributed by atoms with Crippen molar-refractivity contribution in [3.8, 4) is 0 Å². The van der Waals surface area contributed by atoms with Gasteiger partial charge in [-0.15, -0.1) is 0 Å². The number of hydrogen-bond acceptors (Lipinski definition) is 2. The van der Waals surface area contributed by atoms with Gasteiger partial charge in [-0.05, 0) is 37.0 Å². The van der Waals surface area contributed by atoms with Gasteiger partial charge in [0.05, 0.1) is 6.42 Å². The highest BCUT2D eigenvalue weighted by Crippen LogP contribution is 2.18. The number of amides is 2. The van der Waals surface area contributed by atoms with Gasteiger partial charge in [0, 0.05) is 11.7 Å². The van der Waals surface area contributed by atoms with E-state index in [4.69, 9.17) is 5.11 Å². The Morgan fingerprint density at radius 2 is 1.90 bits per heavy atom. The Bertz CT molecular complexity index is 498. The first-order valence-electron chi connectivity index (χ1n) is 6.66. The van der Waals surface area contributed by atoms with Gasteiger partial charge < -0.3 is 15.7 Å². The van der Waals surface area contributed by atoms with Gasteiger partial charge in [0.1, 0.15) is 0 Å². The summed E-state index contributed by atoms with van der Waals surface area (Å²) in [6, 6.07) is 4.90. The summed E-state index contributed by atoms with van der Waals surface area (Å²) < 4.78 is 0. The molecule has 0 saturated heterocycles. The molecule has 0 aliphatic rings. The van der Waals surface area contributed by atoms with Crippen LogP contribution in [0.25, 0.3) is 0 Å². The van der Waals surface area contributed by atoms with E-state index in [1.54, 1.807) is 0 Å². The van der Waals surface area contributed by atoms with Crippen LogP contribution in [0.4, 0.5) is 10.5 Å². The van der Waals surface area contributed by atoms with E-state index < -0.39 is 12.0 Å². The standard InChI is InChI=1S/C15H22N2O3/c1-9(2)13(8-14(18)19)17-15(20)16-12-7-5-6-10(3)11(12)4/h5-7,9,13H,8H2,1-4H3,(H,18,19)(H2,16,17,20). The van der Waals surface area contributed by atoms with Crippen molar-refractivity contribution < 1.29 is 14.7 Å². The van der Waals surface area contributed by atoms with E-state index in [1.165, 1.54) is 0 Å². The number of hydrogen-bond donors (Lipinski definition) is 3. The minimum absolute atomic E-state index is 0.0513. The molecule has 0 aromatic heterocycles. The van der Waals surface area contributed by atoms with E-state index in [0.717, 1.165) is 16.8 Å². The molecule has 110 valence electrons. The molecule has 0 saturated carbocycles. The highest BCUT2D eigenvalue weighted by Gasteiger charge is 2.19. The molecule has 1 unspecified atom stereocenters. The van der Waals surface area contributed by atoms with E-state index in [0.29, 0.717) is 0 Å². The molecule has 0 aliphatic heterocycles. The van der Waals surface area contributed by atoms with E-state index in [9.17, 15) is 9.59 Å². The Morgan fingerprint density at radius 3 is 2.45 bits per heavy atom. The fourth-order valence-corrected chi connectivity index (χ4v) is 1.85. The molecule has 0 fully saturated rings. The Labute approximate surface area is 119 Å². The lowest BCUT2D eigenvalue weighted by molar-refractivity contribution is -0.137. The topological polar surface area (TPSA) is 78.4 Å². The highest BCUT2D eigenvalue weighted by atomic mass is 16.4. The average molecular weight is 278 g/mol. The van der Waals surface area contributed by atoms with Crippen LogP contribution in [0.3, 0.4) is 0 Å². The maximum atomic E-state index is 12.0. The van der Waals surface area contributed by atoms with Crippen molar-refractivity contribution in [3.05, 3.63) is 29.3 Å². The minimum Gasteiger partial charge on any atom is -0.481 e. The quantitative estimate of drug-likeness (QED) is 0.775. The molecule has 1 atom stereocenters. The van der Waals surface area contributed by atoms with Gasteiger partial charge in [0.25, 0.3) is 0 Å². The molecular formula is C15H22N2O3. The summed E-state index contributed by atoms with van der Waals surface area (Å²) in [6.07, 6.45) is -0.0854. The maximum Gasteiger partial charge on any atom is 0.319 e. The fraction of sp³-hybridized carbons (Fsp3) is 0.467. The van der Waals surface area contributed by atoms with Gasteiger partial charge in [-0.25, -0.2) is 4.79 Å². The zero-order valence-corrected chi connectivity index (χ0v) is 12.4. The van der Waals surface area contributed by atoms with Crippen LogP contribution < -0.4 is 10.6 Å². The number of carbonyl (C=O) groups is 2. The molecular weight excluding hydrogens is 256 g/mol. The number of aryl methyl sites for hydroxylation is 1. The Kier molecular flexibility index (Phi) is 5.55. The number of rotatable bonds is 5. The van der Waals surface area contributed by atoms with Crippen molar-refractivity contribution in [2.75, 3.05) is 5.32 Å². The molecule has 0 heterocycles. The van der Waals surface area contributed by atoms with Gasteiger partial charge in [0.2, 0.25) is 0 Å². The summed E-state index contributed by atoms with van der Waals surface area (Å²) >= 11 is 0. The first-order valence-corrected chi connectivity index (χ1v) is 6.66. The largest absolute Gasteiger partial charge is 0.481 e. The number of benzene rings is 1. The highest BCUT2D eigenvalue weighted by molar-refractivity contribution is 5.90. The van der Waals surface area contributed by atoms with Gasteiger partial charge in [-0.3, -0.25) is 4.79 Å². The Morgan fingerprint density at radius 1 is 1.25 bits per heavy atom. The normalized spacial score (nSPS) is 12.1. The van der Waals surface area contributed by atoms with Gasteiger partial charge in [0.15, 0.2) is 0 Å². The third kappa shape index (κ3) is 4.57. The summed E-state index contributed by atoms with van der Waals surface area (Å²) in [5, 5.41) is 14.3. The fourth-order valence-electron chi connectivity index (χ4n) is 1.85. The monoisotopic (exact) mass is 278 g/mol. The van der Waals surface area contributed by atoms with Crippen molar-refractivity contribution in [2.45, 2.75) is 40.2 Å². The van der Waals surface area contributed by atoms with Crippen molar-refractivity contribution in [1.82, 2.24) is 5.32 Å². The summed E-state index contributed by atoms with van der Waals surface area (Å²) in [6.45, 7) is 7.67. The zero-order chi connectivity index (χ0) is 15.3. The second-order valence-corrected chi connectivity index (χ2v) is 5.29. The van der Waals surface area contributed by atoms with Crippen molar-refractivity contribution >= 4 is 17.7 Å². The molecule has 5 heteroatoms. The first kappa shape index (κ1) is 16.0. The third-order valence-electron chi connectivity index (χ3n) is 3.37. The molecule has 0 spiro atoms. The maximum absolute atomic E-state index is 12.0. The van der Waals surface area contributed by atoms with Crippen molar-refractivity contribution in [3.63, 3.8) is 0 Å². The Hall–Kier alpha value is -2.04. The summed E-state index contributed by atoms with van der Waals surface area (Å²) in [5.41, 5.74) is 2.83. The lowest BCUT2D eigenvalue weighted by Crippen LogP contribution is -2.42. The predicted molar refractivity (Wildman–Crippen MR) is 78.9 cm³/mol. The molecule has 0 aliphatic carbocycles. The number of urea groups is 1. The molecule has 0 bridgehead atoms. The second kappa shape index (κ2) is 6.93.